The Kier molecular flexibility index (Phi) is 5.75. The summed E-state index contributed by atoms with van der Waals surface area (Å²) in [7, 11) is 0. The Morgan fingerprint density at radius 3 is 2.35 bits per heavy atom. The Hall–Kier alpha value is -1.67. The third kappa shape index (κ3) is 4.17. The highest BCUT2D eigenvalue weighted by Gasteiger charge is 2.14. The number of hydrogen-bond acceptors (Lipinski definition) is 2. The molecule has 2 nitrogen and oxygen atoms in total. The zero-order valence-corrected chi connectivity index (χ0v) is 12.4. The molecule has 0 saturated heterocycles. The molecule has 0 radical (unpaired) electrons. The fraction of sp³-hybridized carbons (Fsp3) is 0.389. The van der Waals surface area contributed by atoms with Gasteiger partial charge in [-0.3, -0.25) is 4.98 Å². The van der Waals surface area contributed by atoms with E-state index in [4.69, 9.17) is 0 Å². The van der Waals surface area contributed by atoms with Gasteiger partial charge in [0.05, 0.1) is 0 Å². The second-order valence-corrected chi connectivity index (χ2v) is 5.27. The van der Waals surface area contributed by atoms with E-state index >= 15 is 0 Å². The summed E-state index contributed by atoms with van der Waals surface area (Å²) < 4.78 is 0. The van der Waals surface area contributed by atoms with Crippen LogP contribution in [0, 0.1) is 0 Å². The van der Waals surface area contributed by atoms with Crippen LogP contribution in [0.5, 0.6) is 0 Å². The first-order valence-electron chi connectivity index (χ1n) is 7.52. The molecule has 106 valence electrons. The monoisotopic (exact) mass is 268 g/mol. The minimum Gasteiger partial charge on any atom is -0.303 e. The van der Waals surface area contributed by atoms with Crippen molar-refractivity contribution in [2.45, 2.75) is 45.2 Å². The largest absolute Gasteiger partial charge is 0.303 e. The Morgan fingerprint density at radius 2 is 1.70 bits per heavy atom. The summed E-state index contributed by atoms with van der Waals surface area (Å²) in [6.45, 7) is 4.46. The molecule has 2 heteroatoms. The van der Waals surface area contributed by atoms with E-state index in [1.807, 2.05) is 12.4 Å². The molecule has 1 aromatic carbocycles. The summed E-state index contributed by atoms with van der Waals surface area (Å²) >= 11 is 0. The summed E-state index contributed by atoms with van der Waals surface area (Å²) in [6.07, 6.45) is 7.37. The van der Waals surface area contributed by atoms with Gasteiger partial charge in [-0.25, -0.2) is 0 Å². The van der Waals surface area contributed by atoms with Gasteiger partial charge >= 0.3 is 0 Å². The first-order valence-corrected chi connectivity index (χ1v) is 7.52. The van der Waals surface area contributed by atoms with E-state index in [2.05, 4.69) is 66.6 Å². The van der Waals surface area contributed by atoms with E-state index in [9.17, 15) is 0 Å². The zero-order valence-electron chi connectivity index (χ0n) is 12.4. The molecule has 2 aromatic rings. The lowest BCUT2D eigenvalue weighted by Gasteiger charge is -2.24. The maximum atomic E-state index is 4.09. The standard InChI is InChI=1S/C18H24N2/c1-3-4-10-18(17-8-6-5-7-9-17)20-15(2)16-11-13-19-14-12-16/h5-9,11-15,18,20H,3-4,10H2,1-2H3/t15-,18?/m0/s1. The molecule has 1 N–H and O–H groups in total. The van der Waals surface area contributed by atoms with Crippen molar-refractivity contribution >= 4 is 0 Å². The van der Waals surface area contributed by atoms with Crippen molar-refractivity contribution in [3.63, 3.8) is 0 Å². The average Bonchev–Trinajstić information content (AvgIpc) is 2.53. The molecule has 2 atom stereocenters. The summed E-state index contributed by atoms with van der Waals surface area (Å²) in [5.74, 6) is 0. The SMILES string of the molecule is CCCCC(N[C@@H](C)c1ccncc1)c1ccccc1. The van der Waals surface area contributed by atoms with Gasteiger partial charge in [-0.05, 0) is 36.6 Å². The summed E-state index contributed by atoms with van der Waals surface area (Å²) in [4.78, 5) is 4.09. The second kappa shape index (κ2) is 7.81. The van der Waals surface area contributed by atoms with Gasteiger partial charge in [0.15, 0.2) is 0 Å². The summed E-state index contributed by atoms with van der Waals surface area (Å²) in [5.41, 5.74) is 2.67. The maximum Gasteiger partial charge on any atom is 0.0325 e. The highest BCUT2D eigenvalue weighted by Crippen LogP contribution is 2.23. The second-order valence-electron chi connectivity index (χ2n) is 5.27. The predicted molar refractivity (Wildman–Crippen MR) is 84.5 cm³/mol. The molecule has 0 amide bonds. The van der Waals surface area contributed by atoms with E-state index in [1.165, 1.54) is 30.4 Å². The van der Waals surface area contributed by atoms with E-state index in [-0.39, 0.29) is 0 Å². The van der Waals surface area contributed by atoms with Gasteiger partial charge in [0.2, 0.25) is 0 Å². The lowest BCUT2D eigenvalue weighted by atomic mass is 9.99. The quantitative estimate of drug-likeness (QED) is 0.789. The molecule has 0 spiro atoms. The van der Waals surface area contributed by atoms with Crippen LogP contribution < -0.4 is 5.32 Å². The minimum absolute atomic E-state index is 0.333. The lowest BCUT2D eigenvalue weighted by Crippen LogP contribution is -2.24. The van der Waals surface area contributed by atoms with Crippen LogP contribution in [-0.2, 0) is 0 Å². The Morgan fingerprint density at radius 1 is 1.00 bits per heavy atom. The van der Waals surface area contributed by atoms with E-state index < -0.39 is 0 Å². The molecule has 1 unspecified atom stereocenters. The number of aromatic nitrogens is 1. The van der Waals surface area contributed by atoms with E-state index in [0.29, 0.717) is 12.1 Å². The molecule has 20 heavy (non-hydrogen) atoms. The average molecular weight is 268 g/mol. The van der Waals surface area contributed by atoms with Gasteiger partial charge in [0, 0.05) is 24.5 Å². The lowest BCUT2D eigenvalue weighted by molar-refractivity contribution is 0.431. The molecule has 0 aliphatic heterocycles. The van der Waals surface area contributed by atoms with Gasteiger partial charge in [-0.2, -0.15) is 0 Å². The minimum atomic E-state index is 0.333. The molecule has 0 aliphatic carbocycles. The topological polar surface area (TPSA) is 24.9 Å². The van der Waals surface area contributed by atoms with Gasteiger partial charge in [0.25, 0.3) is 0 Å². The van der Waals surface area contributed by atoms with Crippen LogP contribution >= 0.6 is 0 Å². The first-order chi connectivity index (χ1) is 9.81. The van der Waals surface area contributed by atoms with Crippen molar-refractivity contribution in [2.24, 2.45) is 0 Å². The van der Waals surface area contributed by atoms with Crippen LogP contribution in [0.2, 0.25) is 0 Å². The fourth-order valence-electron chi connectivity index (χ4n) is 2.49. The molecule has 1 heterocycles. The molecule has 0 fully saturated rings. The maximum absolute atomic E-state index is 4.09. The van der Waals surface area contributed by atoms with Crippen LogP contribution in [0.3, 0.4) is 0 Å². The van der Waals surface area contributed by atoms with Gasteiger partial charge in [0.1, 0.15) is 0 Å². The smallest absolute Gasteiger partial charge is 0.0325 e. The fourth-order valence-corrected chi connectivity index (χ4v) is 2.49. The summed E-state index contributed by atoms with van der Waals surface area (Å²) in [6, 6.07) is 15.7. The van der Waals surface area contributed by atoms with Crippen molar-refractivity contribution < 1.29 is 0 Å². The van der Waals surface area contributed by atoms with Crippen molar-refractivity contribution in [1.29, 1.82) is 0 Å². The molecular formula is C18H24N2. The number of unbranched alkanes of at least 4 members (excludes halogenated alkanes) is 1. The van der Waals surface area contributed by atoms with Crippen molar-refractivity contribution in [1.82, 2.24) is 10.3 Å². The molecule has 0 aliphatic rings. The number of nitrogens with one attached hydrogen (secondary N) is 1. The highest BCUT2D eigenvalue weighted by molar-refractivity contribution is 5.21. The summed E-state index contributed by atoms with van der Waals surface area (Å²) in [5, 5.41) is 3.76. The third-order valence-corrected chi connectivity index (χ3v) is 3.71. The third-order valence-electron chi connectivity index (χ3n) is 3.71. The normalized spacial score (nSPS) is 13.9. The number of benzene rings is 1. The highest BCUT2D eigenvalue weighted by atomic mass is 14.9. The van der Waals surface area contributed by atoms with Crippen LogP contribution in [0.1, 0.15) is 56.3 Å². The molecule has 0 bridgehead atoms. The predicted octanol–water partition coefficient (Wildman–Crippen LogP) is 4.66. The van der Waals surface area contributed by atoms with Crippen LogP contribution in [0.25, 0.3) is 0 Å². The van der Waals surface area contributed by atoms with E-state index in [0.717, 1.165) is 0 Å². The van der Waals surface area contributed by atoms with Crippen LogP contribution in [0.15, 0.2) is 54.9 Å². The number of hydrogen-bond donors (Lipinski definition) is 1. The van der Waals surface area contributed by atoms with Gasteiger partial charge in [-0.1, -0.05) is 50.1 Å². The van der Waals surface area contributed by atoms with E-state index in [1.54, 1.807) is 0 Å². The Bertz CT molecular complexity index is 481. The number of rotatable bonds is 7. The first kappa shape index (κ1) is 14.7. The molecule has 0 saturated carbocycles. The number of pyridine rings is 1. The van der Waals surface area contributed by atoms with Crippen molar-refractivity contribution in [3.05, 3.63) is 66.0 Å². The van der Waals surface area contributed by atoms with Crippen LogP contribution in [-0.4, -0.2) is 4.98 Å². The van der Waals surface area contributed by atoms with Gasteiger partial charge in [-0.15, -0.1) is 0 Å². The number of nitrogens with zero attached hydrogens (tertiary/aromatic N) is 1. The van der Waals surface area contributed by atoms with Crippen molar-refractivity contribution in [3.8, 4) is 0 Å². The molecule has 2 rings (SSSR count). The Balaban J connectivity index is 2.08. The van der Waals surface area contributed by atoms with Gasteiger partial charge < -0.3 is 5.32 Å². The molecule has 1 aromatic heterocycles. The van der Waals surface area contributed by atoms with Crippen LogP contribution in [0.4, 0.5) is 0 Å². The van der Waals surface area contributed by atoms with Crippen molar-refractivity contribution in [2.75, 3.05) is 0 Å². The molecular weight excluding hydrogens is 244 g/mol. The zero-order chi connectivity index (χ0) is 14.2. The Labute approximate surface area is 122 Å².